The molecule has 0 bridgehead atoms. The number of benzene rings is 1. The number of hydrazine groups is 1. The number of hydrogen-bond donors (Lipinski definition) is 3. The molecule has 4 N–H and O–H groups in total. The van der Waals surface area contributed by atoms with Crippen LogP contribution >= 0.6 is 11.3 Å². The van der Waals surface area contributed by atoms with Gasteiger partial charge in [0.2, 0.25) is 0 Å². The van der Waals surface area contributed by atoms with Crippen LogP contribution in [-0.4, -0.2) is 10.1 Å². The van der Waals surface area contributed by atoms with Crippen LogP contribution in [0.1, 0.15) is 5.01 Å². The molecule has 0 aliphatic rings. The second-order valence-corrected chi connectivity index (χ2v) is 3.71. The minimum atomic E-state index is -0.00919. The van der Waals surface area contributed by atoms with E-state index in [1.54, 1.807) is 0 Å². The fourth-order valence-corrected chi connectivity index (χ4v) is 2.00. The van der Waals surface area contributed by atoms with Crippen LogP contribution in [0.5, 0.6) is 0 Å². The number of rotatable bonds is 2. The lowest BCUT2D eigenvalue weighted by Gasteiger charge is -1.96. The van der Waals surface area contributed by atoms with Crippen molar-refractivity contribution in [3.8, 4) is 0 Å². The van der Waals surface area contributed by atoms with Crippen LogP contribution in [0.15, 0.2) is 18.2 Å². The van der Waals surface area contributed by atoms with Gasteiger partial charge in [0.05, 0.1) is 22.5 Å². The van der Waals surface area contributed by atoms with Gasteiger partial charge in [-0.3, -0.25) is 5.84 Å². The molecular weight excluding hydrogens is 186 g/mol. The summed E-state index contributed by atoms with van der Waals surface area (Å²) >= 11 is 1.47. The maximum Gasteiger partial charge on any atom is 0.119 e. The summed E-state index contributed by atoms with van der Waals surface area (Å²) in [5, 5.41) is 9.60. The highest BCUT2D eigenvalue weighted by Crippen LogP contribution is 2.24. The van der Waals surface area contributed by atoms with E-state index in [0.717, 1.165) is 20.9 Å². The standard InChI is InChI=1S/C8H9N3OS/c9-11-5-1-2-6-7(3-5)13-8(4-12)10-6/h1-3,11-12H,4,9H2. The van der Waals surface area contributed by atoms with E-state index >= 15 is 0 Å². The molecule has 0 spiro atoms. The van der Waals surface area contributed by atoms with E-state index in [2.05, 4.69) is 10.4 Å². The molecule has 2 aromatic rings. The van der Waals surface area contributed by atoms with Gasteiger partial charge < -0.3 is 10.5 Å². The topological polar surface area (TPSA) is 71.2 Å². The number of hydrogen-bond acceptors (Lipinski definition) is 5. The van der Waals surface area contributed by atoms with Crippen molar-refractivity contribution in [3.05, 3.63) is 23.2 Å². The Kier molecular flexibility index (Phi) is 2.13. The van der Waals surface area contributed by atoms with E-state index in [4.69, 9.17) is 10.9 Å². The van der Waals surface area contributed by atoms with E-state index in [1.807, 2.05) is 18.2 Å². The molecule has 5 heteroatoms. The van der Waals surface area contributed by atoms with Crippen molar-refractivity contribution < 1.29 is 5.11 Å². The van der Waals surface area contributed by atoms with Crippen molar-refractivity contribution in [3.63, 3.8) is 0 Å². The molecule has 1 heterocycles. The fourth-order valence-electron chi connectivity index (χ4n) is 1.13. The molecule has 0 atom stereocenters. The molecule has 0 unspecified atom stereocenters. The van der Waals surface area contributed by atoms with Crippen LogP contribution < -0.4 is 11.3 Å². The first-order chi connectivity index (χ1) is 6.33. The first kappa shape index (κ1) is 8.43. The first-order valence-corrected chi connectivity index (χ1v) is 4.62. The normalized spacial score (nSPS) is 10.6. The van der Waals surface area contributed by atoms with Crippen LogP contribution in [-0.2, 0) is 6.61 Å². The van der Waals surface area contributed by atoms with Gasteiger partial charge in [-0.05, 0) is 18.2 Å². The zero-order valence-corrected chi connectivity index (χ0v) is 7.64. The highest BCUT2D eigenvalue weighted by atomic mass is 32.1. The zero-order chi connectivity index (χ0) is 9.26. The van der Waals surface area contributed by atoms with E-state index in [9.17, 15) is 0 Å². The number of anilines is 1. The minimum absolute atomic E-state index is 0.00919. The molecule has 0 saturated carbocycles. The van der Waals surface area contributed by atoms with Gasteiger partial charge >= 0.3 is 0 Å². The first-order valence-electron chi connectivity index (χ1n) is 3.80. The van der Waals surface area contributed by atoms with Crippen LogP contribution in [0, 0.1) is 0 Å². The number of aliphatic hydroxyl groups excluding tert-OH is 1. The number of nitrogens with one attached hydrogen (secondary N) is 1. The van der Waals surface area contributed by atoms with Crippen LogP contribution in [0.2, 0.25) is 0 Å². The smallest absolute Gasteiger partial charge is 0.119 e. The highest BCUT2D eigenvalue weighted by Gasteiger charge is 2.02. The number of nitrogens with two attached hydrogens (primary N) is 1. The number of aromatic nitrogens is 1. The SMILES string of the molecule is NNc1ccc2nc(CO)sc2c1. The Bertz CT molecular complexity index is 424. The number of nitrogen functional groups attached to an aromatic ring is 1. The highest BCUT2D eigenvalue weighted by molar-refractivity contribution is 7.18. The summed E-state index contributed by atoms with van der Waals surface area (Å²) in [6, 6.07) is 5.63. The summed E-state index contributed by atoms with van der Waals surface area (Å²) in [5.74, 6) is 5.26. The monoisotopic (exact) mass is 195 g/mol. The van der Waals surface area contributed by atoms with Crippen LogP contribution in [0.4, 0.5) is 5.69 Å². The predicted octanol–water partition coefficient (Wildman–Crippen LogP) is 1.07. The Morgan fingerprint density at radius 2 is 2.38 bits per heavy atom. The number of thiazole rings is 1. The summed E-state index contributed by atoms with van der Waals surface area (Å²) in [6.45, 7) is -0.00919. The van der Waals surface area contributed by atoms with Crippen molar-refractivity contribution in [2.75, 3.05) is 5.43 Å². The summed E-state index contributed by atoms with van der Waals surface area (Å²) in [4.78, 5) is 4.21. The van der Waals surface area contributed by atoms with Crippen molar-refractivity contribution in [2.45, 2.75) is 6.61 Å². The van der Waals surface area contributed by atoms with Gasteiger partial charge in [-0.1, -0.05) is 0 Å². The lowest BCUT2D eigenvalue weighted by molar-refractivity contribution is 0.281. The zero-order valence-electron chi connectivity index (χ0n) is 6.82. The fraction of sp³-hybridized carbons (Fsp3) is 0.125. The molecule has 68 valence electrons. The second kappa shape index (κ2) is 3.29. The van der Waals surface area contributed by atoms with Crippen LogP contribution in [0.25, 0.3) is 10.2 Å². The van der Waals surface area contributed by atoms with Gasteiger partial charge in [0.25, 0.3) is 0 Å². The summed E-state index contributed by atoms with van der Waals surface area (Å²) in [7, 11) is 0. The van der Waals surface area contributed by atoms with E-state index in [-0.39, 0.29) is 6.61 Å². The Morgan fingerprint density at radius 1 is 1.54 bits per heavy atom. The Hall–Kier alpha value is -1.17. The predicted molar refractivity (Wildman–Crippen MR) is 53.4 cm³/mol. The number of aliphatic hydroxyl groups is 1. The third-order valence-corrected chi connectivity index (χ3v) is 2.74. The average molecular weight is 195 g/mol. The van der Waals surface area contributed by atoms with E-state index in [1.165, 1.54) is 11.3 Å². The van der Waals surface area contributed by atoms with Gasteiger partial charge in [-0.15, -0.1) is 11.3 Å². The Balaban J connectivity index is 2.57. The Morgan fingerprint density at radius 3 is 3.08 bits per heavy atom. The third-order valence-electron chi connectivity index (χ3n) is 1.73. The lowest BCUT2D eigenvalue weighted by Crippen LogP contribution is -2.05. The number of nitrogens with zero attached hydrogens (tertiary/aromatic N) is 1. The molecule has 2 rings (SSSR count). The lowest BCUT2D eigenvalue weighted by atomic mass is 10.3. The van der Waals surface area contributed by atoms with Gasteiger partial charge in [0, 0.05) is 0 Å². The summed E-state index contributed by atoms with van der Waals surface area (Å²) in [6.07, 6.45) is 0. The van der Waals surface area contributed by atoms with E-state index in [0.29, 0.717) is 0 Å². The van der Waals surface area contributed by atoms with Crippen molar-refractivity contribution in [1.82, 2.24) is 4.98 Å². The molecule has 0 aliphatic heterocycles. The van der Waals surface area contributed by atoms with Gasteiger partial charge in [-0.2, -0.15) is 0 Å². The molecule has 0 radical (unpaired) electrons. The summed E-state index contributed by atoms with van der Waals surface area (Å²) < 4.78 is 1.03. The van der Waals surface area contributed by atoms with Gasteiger partial charge in [0.1, 0.15) is 5.01 Å². The van der Waals surface area contributed by atoms with Gasteiger partial charge in [0.15, 0.2) is 0 Å². The maximum absolute atomic E-state index is 8.87. The molecule has 1 aromatic heterocycles. The maximum atomic E-state index is 8.87. The molecule has 4 nitrogen and oxygen atoms in total. The van der Waals surface area contributed by atoms with Crippen molar-refractivity contribution in [1.29, 1.82) is 0 Å². The Labute approximate surface area is 79.0 Å². The molecule has 0 saturated heterocycles. The molecule has 0 amide bonds. The third kappa shape index (κ3) is 1.49. The quantitative estimate of drug-likeness (QED) is 0.495. The average Bonchev–Trinajstić information content (AvgIpc) is 2.58. The van der Waals surface area contributed by atoms with Crippen molar-refractivity contribution >= 4 is 27.2 Å². The second-order valence-electron chi connectivity index (χ2n) is 2.59. The van der Waals surface area contributed by atoms with E-state index < -0.39 is 0 Å². The molecule has 0 aliphatic carbocycles. The molecule has 13 heavy (non-hydrogen) atoms. The van der Waals surface area contributed by atoms with Crippen LogP contribution in [0.3, 0.4) is 0 Å². The minimum Gasteiger partial charge on any atom is -0.389 e. The van der Waals surface area contributed by atoms with Crippen molar-refractivity contribution in [2.24, 2.45) is 5.84 Å². The number of fused-ring (bicyclic) bond motifs is 1. The molecule has 0 fully saturated rings. The summed E-state index contributed by atoms with van der Waals surface area (Å²) in [5.41, 5.74) is 4.31. The van der Waals surface area contributed by atoms with Gasteiger partial charge in [-0.25, -0.2) is 4.98 Å². The largest absolute Gasteiger partial charge is 0.389 e. The molecular formula is C8H9N3OS. The molecule has 1 aromatic carbocycles.